The van der Waals surface area contributed by atoms with Crippen molar-refractivity contribution in [1.29, 1.82) is 0 Å². The first-order valence-electron chi connectivity index (χ1n) is 14.1. The molecule has 15 heteroatoms. The summed E-state index contributed by atoms with van der Waals surface area (Å²) < 4.78 is 0. The van der Waals surface area contributed by atoms with Gasteiger partial charge >= 0.3 is 5.97 Å². The number of nitrogens with one attached hydrogen (secondary N) is 4. The molecule has 2 aromatic rings. The number of benzene rings is 1. The third-order valence-corrected chi connectivity index (χ3v) is 6.67. The zero-order valence-corrected chi connectivity index (χ0v) is 24.5. The summed E-state index contributed by atoms with van der Waals surface area (Å²) in [7, 11) is 0. The summed E-state index contributed by atoms with van der Waals surface area (Å²) in [6, 6.07) is 2.78. The molecule has 15 nitrogen and oxygen atoms in total. The first-order valence-corrected chi connectivity index (χ1v) is 14.1. The number of amides is 4. The molecule has 1 aromatic carbocycles. The summed E-state index contributed by atoms with van der Waals surface area (Å²) in [5.74, 6) is -4.06. The fraction of sp³-hybridized carbons (Fsp3) is 0.500. The predicted octanol–water partition coefficient (Wildman–Crippen LogP) is -1.06. The van der Waals surface area contributed by atoms with E-state index in [-0.39, 0.29) is 56.9 Å². The topological polar surface area (TPSA) is 274 Å². The van der Waals surface area contributed by atoms with Crippen LogP contribution in [0.15, 0.2) is 35.5 Å². The van der Waals surface area contributed by atoms with Crippen LogP contribution in [0.1, 0.15) is 51.5 Å². The summed E-state index contributed by atoms with van der Waals surface area (Å²) in [6.45, 7) is 3.86. The first kappa shape index (κ1) is 34.5. The van der Waals surface area contributed by atoms with Crippen molar-refractivity contribution in [3.05, 3.63) is 36.0 Å². The van der Waals surface area contributed by atoms with Gasteiger partial charge in [-0.2, -0.15) is 0 Å². The maximum Gasteiger partial charge on any atom is 0.326 e. The number of para-hydroxylation sites is 1. The number of carboxylic acids is 1. The lowest BCUT2D eigenvalue weighted by molar-refractivity contribution is -0.142. The number of aromatic amines is 1. The van der Waals surface area contributed by atoms with E-state index in [1.807, 2.05) is 38.1 Å². The highest BCUT2D eigenvalue weighted by molar-refractivity contribution is 5.94. The van der Waals surface area contributed by atoms with Crippen LogP contribution in [-0.2, 0) is 30.4 Å². The number of rotatable bonds is 18. The van der Waals surface area contributed by atoms with Crippen LogP contribution in [0.25, 0.3) is 10.9 Å². The molecule has 1 heterocycles. The normalized spacial score (nSPS) is 13.9. The lowest BCUT2D eigenvalue weighted by atomic mass is 10.0. The molecule has 0 aliphatic heterocycles. The molecule has 236 valence electrons. The number of nitrogens with two attached hydrogens (primary N) is 4. The second-order valence-corrected chi connectivity index (χ2v) is 10.8. The smallest absolute Gasteiger partial charge is 0.326 e. The summed E-state index contributed by atoms with van der Waals surface area (Å²) in [4.78, 5) is 69.6. The second-order valence-electron chi connectivity index (χ2n) is 10.8. The van der Waals surface area contributed by atoms with E-state index in [0.29, 0.717) is 5.56 Å². The quantitative estimate of drug-likeness (QED) is 0.0571. The number of aliphatic imine (C=N–C) groups is 1. The van der Waals surface area contributed by atoms with Crippen LogP contribution in [0.5, 0.6) is 0 Å². The van der Waals surface area contributed by atoms with E-state index in [0.717, 1.165) is 10.9 Å². The highest BCUT2D eigenvalue weighted by atomic mass is 16.4. The Labute approximate surface area is 249 Å². The largest absolute Gasteiger partial charge is 0.480 e. The van der Waals surface area contributed by atoms with Crippen LogP contribution >= 0.6 is 0 Å². The van der Waals surface area contributed by atoms with Gasteiger partial charge in [-0.3, -0.25) is 24.2 Å². The van der Waals surface area contributed by atoms with Gasteiger partial charge in [0.1, 0.15) is 18.1 Å². The van der Waals surface area contributed by atoms with Gasteiger partial charge in [0.05, 0.1) is 6.04 Å². The molecule has 43 heavy (non-hydrogen) atoms. The minimum Gasteiger partial charge on any atom is -0.480 e. The van der Waals surface area contributed by atoms with Crippen molar-refractivity contribution >= 4 is 46.5 Å². The number of nitrogens with zero attached hydrogens (tertiary/aromatic N) is 1. The summed E-state index contributed by atoms with van der Waals surface area (Å²) >= 11 is 0. The Morgan fingerprint density at radius 1 is 0.907 bits per heavy atom. The van der Waals surface area contributed by atoms with Gasteiger partial charge in [0, 0.05) is 36.5 Å². The fourth-order valence-electron chi connectivity index (χ4n) is 4.45. The number of primary amides is 1. The molecule has 2 rings (SSSR count). The van der Waals surface area contributed by atoms with Gasteiger partial charge in [0.15, 0.2) is 5.96 Å². The standard InChI is InChI=1S/C28H43N9O6/c1-15(2)12-21(36-24(39)18(29)9-10-23(30)38)26(41)35-20(8-5-11-33-28(31)32)25(40)37-22(27(42)43)13-16-14-34-19-7-4-3-6-17(16)19/h3-4,6-7,14-15,18,20-22,34H,5,8-13,29H2,1-2H3,(H2,30,38)(H,35,41)(H,36,39)(H,37,40)(H,42,43)(H4,31,32,33). The highest BCUT2D eigenvalue weighted by Gasteiger charge is 2.31. The molecule has 4 unspecified atom stereocenters. The van der Waals surface area contributed by atoms with E-state index in [4.69, 9.17) is 22.9 Å². The number of carboxylic acid groups (broad SMARTS) is 1. The Hall–Kier alpha value is -4.66. The Morgan fingerprint density at radius 3 is 2.16 bits per heavy atom. The molecule has 0 saturated heterocycles. The van der Waals surface area contributed by atoms with Gasteiger partial charge in [-0.1, -0.05) is 32.0 Å². The van der Waals surface area contributed by atoms with Gasteiger partial charge in [-0.25, -0.2) is 4.79 Å². The van der Waals surface area contributed by atoms with E-state index >= 15 is 0 Å². The molecule has 13 N–H and O–H groups in total. The van der Waals surface area contributed by atoms with Crippen LogP contribution in [0.4, 0.5) is 0 Å². The van der Waals surface area contributed by atoms with E-state index in [1.54, 1.807) is 6.20 Å². The number of aliphatic carboxylic acids is 1. The zero-order chi connectivity index (χ0) is 32.1. The number of carbonyl (C=O) groups excluding carboxylic acids is 4. The molecule has 1 aromatic heterocycles. The number of guanidine groups is 1. The van der Waals surface area contributed by atoms with E-state index < -0.39 is 53.8 Å². The third kappa shape index (κ3) is 11.6. The summed E-state index contributed by atoms with van der Waals surface area (Å²) in [5.41, 5.74) is 23.3. The van der Waals surface area contributed by atoms with Crippen molar-refractivity contribution in [2.75, 3.05) is 6.54 Å². The number of H-pyrrole nitrogens is 1. The van der Waals surface area contributed by atoms with Crippen LogP contribution in [-0.4, -0.2) is 76.4 Å². The molecular formula is C28H43N9O6. The maximum absolute atomic E-state index is 13.4. The van der Waals surface area contributed by atoms with Gasteiger partial charge < -0.3 is 49.0 Å². The van der Waals surface area contributed by atoms with Gasteiger partial charge in [0.25, 0.3) is 0 Å². The number of hydrogen-bond donors (Lipinski definition) is 9. The second kappa shape index (κ2) is 16.7. The average molecular weight is 602 g/mol. The number of carbonyl (C=O) groups is 5. The molecule has 0 aliphatic rings. The average Bonchev–Trinajstić information content (AvgIpc) is 3.34. The Bertz CT molecular complexity index is 1300. The molecule has 0 spiro atoms. The van der Waals surface area contributed by atoms with Crippen LogP contribution < -0.4 is 38.9 Å². The van der Waals surface area contributed by atoms with E-state index in [2.05, 4.69) is 25.9 Å². The van der Waals surface area contributed by atoms with Crippen LogP contribution in [0.3, 0.4) is 0 Å². The molecule has 0 fully saturated rings. The molecule has 0 saturated carbocycles. The lowest BCUT2D eigenvalue weighted by Gasteiger charge is -2.26. The van der Waals surface area contributed by atoms with Crippen molar-refractivity contribution < 1.29 is 29.1 Å². The number of fused-ring (bicyclic) bond motifs is 1. The van der Waals surface area contributed by atoms with E-state index in [1.165, 1.54) is 0 Å². The van der Waals surface area contributed by atoms with Crippen LogP contribution in [0.2, 0.25) is 0 Å². The maximum atomic E-state index is 13.4. The molecule has 4 amide bonds. The number of aromatic nitrogens is 1. The van der Waals surface area contributed by atoms with Crippen molar-refractivity contribution in [3.63, 3.8) is 0 Å². The van der Waals surface area contributed by atoms with Crippen molar-refractivity contribution in [3.8, 4) is 0 Å². The Kier molecular flexibility index (Phi) is 13.4. The molecule has 0 aliphatic carbocycles. The minimum atomic E-state index is -1.29. The monoisotopic (exact) mass is 601 g/mol. The summed E-state index contributed by atoms with van der Waals surface area (Å²) in [6.07, 6.45) is 2.17. The third-order valence-electron chi connectivity index (χ3n) is 6.67. The molecule has 0 bridgehead atoms. The first-order chi connectivity index (χ1) is 20.3. The minimum absolute atomic E-state index is 0.0000128. The van der Waals surface area contributed by atoms with E-state index in [9.17, 15) is 29.1 Å². The van der Waals surface area contributed by atoms with Crippen LogP contribution in [0, 0.1) is 5.92 Å². The highest BCUT2D eigenvalue weighted by Crippen LogP contribution is 2.19. The Balaban J connectivity index is 2.21. The van der Waals surface area contributed by atoms with Crippen molar-refractivity contribution in [2.24, 2.45) is 33.8 Å². The Morgan fingerprint density at radius 2 is 1.53 bits per heavy atom. The lowest BCUT2D eigenvalue weighted by Crippen LogP contribution is -2.57. The number of hydrogen-bond acceptors (Lipinski definition) is 7. The molecular weight excluding hydrogens is 558 g/mol. The summed E-state index contributed by atoms with van der Waals surface area (Å²) in [5, 5.41) is 18.5. The van der Waals surface area contributed by atoms with Crippen molar-refractivity contribution in [1.82, 2.24) is 20.9 Å². The zero-order valence-electron chi connectivity index (χ0n) is 24.5. The molecule has 4 atom stereocenters. The van der Waals surface area contributed by atoms with Gasteiger partial charge in [0.2, 0.25) is 23.6 Å². The van der Waals surface area contributed by atoms with Gasteiger partial charge in [-0.05, 0) is 43.2 Å². The molecule has 0 radical (unpaired) electrons. The van der Waals surface area contributed by atoms with Crippen molar-refractivity contribution in [2.45, 2.75) is 76.5 Å². The van der Waals surface area contributed by atoms with Gasteiger partial charge in [-0.15, -0.1) is 0 Å². The fourth-order valence-corrected chi connectivity index (χ4v) is 4.45. The predicted molar refractivity (Wildman–Crippen MR) is 161 cm³/mol. The SMILES string of the molecule is CC(C)CC(NC(=O)C(N)CCC(N)=O)C(=O)NC(CCCN=C(N)N)C(=O)NC(Cc1c[nH]c2ccccc12)C(=O)O.